The first kappa shape index (κ1) is 40.4. The molecule has 2 aliphatic carbocycles. The third-order valence-electron chi connectivity index (χ3n) is 13.6. The van der Waals surface area contributed by atoms with Gasteiger partial charge in [0.1, 0.15) is 23.7 Å². The molecule has 3 fully saturated rings. The van der Waals surface area contributed by atoms with Crippen LogP contribution >= 0.6 is 0 Å². The number of aryl methyl sites for hydroxylation is 2. The fraction of sp³-hybridized carbons (Fsp3) is 0.478. The molecule has 1 saturated carbocycles. The van der Waals surface area contributed by atoms with E-state index in [1.54, 1.807) is 11.8 Å². The first-order chi connectivity index (χ1) is 29.5. The van der Waals surface area contributed by atoms with Crippen LogP contribution in [-0.2, 0) is 36.6 Å². The highest BCUT2D eigenvalue weighted by Crippen LogP contribution is 2.51. The minimum Gasteiger partial charge on any atom is -0.453 e. The van der Waals surface area contributed by atoms with Gasteiger partial charge in [0.2, 0.25) is 11.8 Å². The molecule has 9 rings (SSSR count). The molecule has 7 atom stereocenters. The molecule has 61 heavy (non-hydrogen) atoms. The topological polar surface area (TPSA) is 184 Å². The van der Waals surface area contributed by atoms with Gasteiger partial charge in [-0.25, -0.2) is 19.6 Å². The number of amides is 4. The molecule has 4 amide bonds. The Morgan fingerprint density at radius 3 is 2.31 bits per heavy atom. The number of carbonyl (C=O) groups excluding carboxylic acids is 4. The number of nitrogens with one attached hydrogen (secondary N) is 4. The molecule has 0 radical (unpaired) electrons. The van der Waals surface area contributed by atoms with Crippen LogP contribution in [0.15, 0.2) is 48.5 Å². The van der Waals surface area contributed by atoms with Crippen LogP contribution in [0.5, 0.6) is 0 Å². The normalized spacial score (nSPS) is 22.0. The summed E-state index contributed by atoms with van der Waals surface area (Å²) >= 11 is 0. The number of hydrogen-bond donors (Lipinski definition) is 4. The van der Waals surface area contributed by atoms with Crippen molar-refractivity contribution in [1.82, 2.24) is 40.4 Å². The van der Waals surface area contributed by atoms with Gasteiger partial charge in [0.05, 0.1) is 54.8 Å². The minimum absolute atomic E-state index is 0.0778. The second-order valence-corrected chi connectivity index (χ2v) is 17.4. The average Bonchev–Trinajstić information content (AvgIpc) is 4.13. The molecule has 2 aromatic heterocycles. The van der Waals surface area contributed by atoms with Gasteiger partial charge in [-0.05, 0) is 97.9 Å². The van der Waals surface area contributed by atoms with Crippen molar-refractivity contribution in [2.24, 2.45) is 11.8 Å². The smallest absolute Gasteiger partial charge is 0.407 e. The highest BCUT2D eigenvalue weighted by atomic mass is 16.5. The molecule has 5 aromatic rings. The summed E-state index contributed by atoms with van der Waals surface area (Å²) in [7, 11) is 4.09. The van der Waals surface area contributed by atoms with Crippen LogP contribution in [0.1, 0.15) is 87.9 Å². The first-order valence-electron chi connectivity index (χ1n) is 21.5. The second kappa shape index (κ2) is 16.1. The predicted octanol–water partition coefficient (Wildman–Crippen LogP) is 6.73. The van der Waals surface area contributed by atoms with Crippen LogP contribution in [-0.4, -0.2) is 106 Å². The molecule has 15 nitrogen and oxygen atoms in total. The van der Waals surface area contributed by atoms with E-state index in [0.717, 1.165) is 101 Å². The van der Waals surface area contributed by atoms with E-state index in [9.17, 15) is 19.2 Å². The van der Waals surface area contributed by atoms with Gasteiger partial charge in [0.25, 0.3) is 0 Å². The van der Waals surface area contributed by atoms with Gasteiger partial charge in [0, 0.05) is 30.6 Å². The number of methoxy groups -OCH3 is 3. The Balaban J connectivity index is 0.962. The van der Waals surface area contributed by atoms with E-state index < -0.39 is 30.4 Å². The zero-order valence-corrected chi connectivity index (χ0v) is 35.5. The summed E-state index contributed by atoms with van der Waals surface area (Å²) in [5.41, 5.74) is 8.39. The predicted molar refractivity (Wildman–Crippen MR) is 228 cm³/mol. The number of imidazole rings is 2. The number of aromatic nitrogens is 4. The lowest BCUT2D eigenvalue weighted by atomic mass is 9.89. The van der Waals surface area contributed by atoms with Crippen molar-refractivity contribution in [2.45, 2.75) is 102 Å². The number of H-pyrrole nitrogens is 2. The van der Waals surface area contributed by atoms with Crippen LogP contribution in [0, 0.1) is 11.8 Å². The van der Waals surface area contributed by atoms with Crippen molar-refractivity contribution in [3.05, 3.63) is 71.4 Å². The van der Waals surface area contributed by atoms with Gasteiger partial charge in [-0.15, -0.1) is 0 Å². The van der Waals surface area contributed by atoms with E-state index in [1.165, 1.54) is 26.9 Å². The molecular weight excluding hydrogens is 777 g/mol. The standard InChI is InChI=1S/C46H54N8O7/c1-23(2)36(51-45(57)60-5)44(56)54-30-14-9-29(22-30)40(54)42-48-34-18-13-28-21-26(11-16-32(28)39(34)50-42)25-10-15-31-27(20-25)12-17-33-38(31)49-41(47-33)35-8-7-19-53(35)43(55)37(24(3)59-4)52-46(58)61-6/h10-12,15-17,20-21,23-24,29-30,35-37,40H,7-9,13-14,18-19,22H2,1-6H3,(H,47,49)(H,48,50)(H,51,57)(H,52,58)/t24-,29+,30-,35+,36+,37+,40+/m1/s1. The molecule has 2 saturated heterocycles. The molecule has 4 heterocycles. The maximum Gasteiger partial charge on any atom is 0.407 e. The van der Waals surface area contributed by atoms with Gasteiger partial charge in [-0.1, -0.05) is 50.2 Å². The van der Waals surface area contributed by atoms with E-state index in [4.69, 9.17) is 24.2 Å². The molecule has 3 aromatic carbocycles. The van der Waals surface area contributed by atoms with E-state index in [2.05, 4.69) is 63.1 Å². The van der Waals surface area contributed by atoms with Crippen molar-refractivity contribution in [3.63, 3.8) is 0 Å². The fourth-order valence-electron chi connectivity index (χ4n) is 10.3. The quantitative estimate of drug-likeness (QED) is 0.119. The van der Waals surface area contributed by atoms with E-state index in [0.29, 0.717) is 18.3 Å². The summed E-state index contributed by atoms with van der Waals surface area (Å²) < 4.78 is 15.1. The molecule has 320 valence electrons. The molecule has 4 aliphatic rings. The Labute approximate surface area is 354 Å². The number of aromatic amines is 2. The number of rotatable bonds is 10. The molecule has 2 bridgehead atoms. The first-order valence-corrected chi connectivity index (χ1v) is 21.5. The van der Waals surface area contributed by atoms with Crippen LogP contribution in [0.3, 0.4) is 0 Å². The van der Waals surface area contributed by atoms with Gasteiger partial charge in [-0.3, -0.25) is 9.59 Å². The number of hydrogen-bond acceptors (Lipinski definition) is 9. The van der Waals surface area contributed by atoms with Gasteiger partial charge < -0.3 is 44.6 Å². The van der Waals surface area contributed by atoms with Crippen LogP contribution in [0.25, 0.3) is 44.2 Å². The zero-order chi connectivity index (χ0) is 42.7. The lowest BCUT2D eigenvalue weighted by molar-refractivity contribution is -0.139. The second-order valence-electron chi connectivity index (χ2n) is 17.4. The van der Waals surface area contributed by atoms with Crippen molar-refractivity contribution in [3.8, 4) is 22.4 Å². The highest BCUT2D eigenvalue weighted by Gasteiger charge is 2.52. The number of nitrogens with zero attached hydrogens (tertiary/aromatic N) is 4. The third-order valence-corrected chi connectivity index (χ3v) is 13.6. The van der Waals surface area contributed by atoms with E-state index in [1.807, 2.05) is 24.8 Å². The lowest BCUT2D eigenvalue weighted by Crippen LogP contribution is -2.54. The highest BCUT2D eigenvalue weighted by molar-refractivity contribution is 6.05. The Morgan fingerprint density at radius 2 is 1.56 bits per heavy atom. The number of carbonyl (C=O) groups is 4. The Morgan fingerprint density at radius 1 is 0.803 bits per heavy atom. The molecule has 4 N–H and O–H groups in total. The fourth-order valence-corrected chi connectivity index (χ4v) is 10.3. The Hall–Kier alpha value is -5.96. The molecule has 0 unspecified atom stereocenters. The summed E-state index contributed by atoms with van der Waals surface area (Å²) in [5.74, 6) is 1.44. The Bertz CT molecular complexity index is 2530. The monoisotopic (exact) mass is 830 g/mol. The van der Waals surface area contributed by atoms with Gasteiger partial charge in [0.15, 0.2) is 0 Å². The third kappa shape index (κ3) is 7.15. The maximum atomic E-state index is 14.1. The zero-order valence-electron chi connectivity index (χ0n) is 35.5. The average molecular weight is 831 g/mol. The number of fused-ring (bicyclic) bond motifs is 8. The summed E-state index contributed by atoms with van der Waals surface area (Å²) in [6.07, 6.45) is 4.30. The summed E-state index contributed by atoms with van der Waals surface area (Å²) in [5, 5.41) is 7.55. The van der Waals surface area contributed by atoms with Crippen LogP contribution in [0.4, 0.5) is 9.59 Å². The molecule has 2 aliphatic heterocycles. The minimum atomic E-state index is -0.902. The molecule has 0 spiro atoms. The van der Waals surface area contributed by atoms with Gasteiger partial charge in [-0.2, -0.15) is 0 Å². The van der Waals surface area contributed by atoms with Crippen molar-refractivity contribution in [2.75, 3.05) is 27.9 Å². The number of piperidine rings is 1. The van der Waals surface area contributed by atoms with E-state index >= 15 is 0 Å². The summed E-state index contributed by atoms with van der Waals surface area (Å²) in [4.78, 5) is 73.4. The van der Waals surface area contributed by atoms with Crippen molar-refractivity contribution < 1.29 is 33.4 Å². The number of likely N-dealkylation sites (tertiary alicyclic amines) is 2. The van der Waals surface area contributed by atoms with Gasteiger partial charge >= 0.3 is 12.2 Å². The number of alkyl carbamates (subject to hydrolysis) is 2. The van der Waals surface area contributed by atoms with Crippen LogP contribution < -0.4 is 10.6 Å². The number of benzene rings is 3. The maximum absolute atomic E-state index is 14.1. The largest absolute Gasteiger partial charge is 0.453 e. The molecular formula is C46H54N8O7. The van der Waals surface area contributed by atoms with Crippen LogP contribution in [0.2, 0.25) is 0 Å². The Kier molecular flexibility index (Phi) is 10.7. The van der Waals surface area contributed by atoms with Crippen molar-refractivity contribution in [1.29, 1.82) is 0 Å². The molecule has 15 heteroatoms. The number of ether oxygens (including phenoxy) is 3. The van der Waals surface area contributed by atoms with E-state index in [-0.39, 0.29) is 35.9 Å². The van der Waals surface area contributed by atoms with Crippen molar-refractivity contribution >= 4 is 45.8 Å². The lowest BCUT2D eigenvalue weighted by Gasteiger charge is -2.37. The summed E-state index contributed by atoms with van der Waals surface area (Å²) in [6.45, 7) is 6.17. The SMILES string of the molecule is COC(=O)N[C@H](C(=O)N1[C@@H]2CC[C@@H](C2)[C@H]1c1nc2c([nH]1)-c1ccc(-c3ccc4c(ccc5nc([C@@H]6CCCN6C(=O)[C@@H](NC(=O)OC)[C@@H](C)OC)[nH]c54)c3)cc1CC2)C(C)C. The summed E-state index contributed by atoms with van der Waals surface area (Å²) in [6, 6.07) is 15.3.